The van der Waals surface area contributed by atoms with Crippen LogP contribution in [0.15, 0.2) is 24.3 Å². The number of thioether (sulfide) groups is 1. The maximum atomic E-state index is 13.3. The van der Waals surface area contributed by atoms with Gasteiger partial charge in [-0.15, -0.1) is 0 Å². The second-order valence-electron chi connectivity index (χ2n) is 4.92. The third-order valence-corrected chi connectivity index (χ3v) is 4.30. The zero-order valence-electron chi connectivity index (χ0n) is 11.0. The van der Waals surface area contributed by atoms with Crippen LogP contribution in [0.5, 0.6) is 0 Å². The Bertz CT molecular complexity index is 365. The topological polar surface area (TPSA) is 12.0 Å². The molecule has 1 nitrogen and oxygen atoms in total. The smallest absolute Gasteiger partial charge is 0.123 e. The fourth-order valence-corrected chi connectivity index (χ4v) is 2.85. The predicted octanol–water partition coefficient (Wildman–Crippen LogP) is 3.80. The number of rotatable bonds is 8. The molecular formula is C15H22FNS. The zero-order chi connectivity index (χ0) is 12.8. The summed E-state index contributed by atoms with van der Waals surface area (Å²) in [7, 11) is 0. The Morgan fingerprint density at radius 2 is 2.28 bits per heavy atom. The van der Waals surface area contributed by atoms with Gasteiger partial charge in [0.05, 0.1) is 0 Å². The highest BCUT2D eigenvalue weighted by Gasteiger charge is 2.22. The van der Waals surface area contributed by atoms with Gasteiger partial charge in [0, 0.05) is 12.6 Å². The minimum absolute atomic E-state index is 0.118. The van der Waals surface area contributed by atoms with Crippen LogP contribution in [0.25, 0.3) is 0 Å². The number of halogens is 1. The average molecular weight is 267 g/mol. The van der Waals surface area contributed by atoms with Crippen LogP contribution < -0.4 is 5.32 Å². The first-order valence-corrected chi connectivity index (χ1v) is 8.01. The van der Waals surface area contributed by atoms with Crippen LogP contribution >= 0.6 is 11.8 Å². The summed E-state index contributed by atoms with van der Waals surface area (Å²) < 4.78 is 13.3. The Kier molecular flexibility index (Phi) is 5.51. The molecule has 0 radical (unpaired) electrons. The quantitative estimate of drug-likeness (QED) is 0.719. The summed E-state index contributed by atoms with van der Waals surface area (Å²) in [6.07, 6.45) is 3.74. The summed E-state index contributed by atoms with van der Waals surface area (Å²) in [4.78, 5) is 0. The lowest BCUT2D eigenvalue weighted by Crippen LogP contribution is -2.24. The minimum atomic E-state index is -0.118. The van der Waals surface area contributed by atoms with Crippen molar-refractivity contribution in [2.24, 2.45) is 0 Å². The van der Waals surface area contributed by atoms with Gasteiger partial charge in [0.15, 0.2) is 0 Å². The molecule has 0 spiro atoms. The highest BCUT2D eigenvalue weighted by Crippen LogP contribution is 2.25. The number of benzene rings is 1. The summed E-state index contributed by atoms with van der Waals surface area (Å²) >= 11 is 1.96. The van der Waals surface area contributed by atoms with Gasteiger partial charge < -0.3 is 5.32 Å². The molecule has 2 rings (SSSR count). The van der Waals surface area contributed by atoms with E-state index >= 15 is 0 Å². The van der Waals surface area contributed by atoms with E-state index in [9.17, 15) is 4.39 Å². The van der Waals surface area contributed by atoms with E-state index in [0.29, 0.717) is 5.92 Å². The number of hydrogen-bond donors (Lipinski definition) is 1. The Morgan fingerprint density at radius 1 is 1.44 bits per heavy atom. The molecule has 0 bridgehead atoms. The monoisotopic (exact) mass is 267 g/mol. The normalized spacial score (nSPS) is 16.8. The molecule has 18 heavy (non-hydrogen) atoms. The zero-order valence-corrected chi connectivity index (χ0v) is 11.8. The minimum Gasteiger partial charge on any atom is -0.313 e. The first kappa shape index (κ1) is 13.9. The van der Waals surface area contributed by atoms with Crippen molar-refractivity contribution in [2.75, 3.05) is 18.1 Å². The van der Waals surface area contributed by atoms with Crippen molar-refractivity contribution in [2.45, 2.75) is 38.1 Å². The molecule has 1 N–H and O–H groups in total. The van der Waals surface area contributed by atoms with Crippen LogP contribution in [0.2, 0.25) is 0 Å². The van der Waals surface area contributed by atoms with Crippen LogP contribution in [0.3, 0.4) is 0 Å². The van der Waals surface area contributed by atoms with E-state index in [1.54, 1.807) is 6.07 Å². The van der Waals surface area contributed by atoms with Gasteiger partial charge in [0.25, 0.3) is 0 Å². The second kappa shape index (κ2) is 7.15. The first-order chi connectivity index (χ1) is 8.79. The molecule has 0 aliphatic heterocycles. The van der Waals surface area contributed by atoms with Crippen molar-refractivity contribution in [3.8, 4) is 0 Å². The molecule has 1 atom stereocenters. The van der Waals surface area contributed by atoms with Crippen LogP contribution in [-0.2, 0) is 0 Å². The molecule has 0 aromatic heterocycles. The maximum absolute atomic E-state index is 13.3. The Morgan fingerprint density at radius 3 is 2.94 bits per heavy atom. The third-order valence-electron chi connectivity index (χ3n) is 3.37. The van der Waals surface area contributed by atoms with E-state index < -0.39 is 0 Å². The molecule has 1 aliphatic carbocycles. The molecule has 3 heteroatoms. The maximum Gasteiger partial charge on any atom is 0.123 e. The molecule has 1 unspecified atom stereocenters. The molecule has 1 aliphatic rings. The molecule has 1 fully saturated rings. The molecule has 0 heterocycles. The van der Waals surface area contributed by atoms with Gasteiger partial charge in [-0.25, -0.2) is 4.39 Å². The van der Waals surface area contributed by atoms with E-state index in [1.807, 2.05) is 17.8 Å². The fraction of sp³-hybridized carbons (Fsp3) is 0.600. The first-order valence-electron chi connectivity index (χ1n) is 6.86. The third kappa shape index (κ3) is 4.62. The molecule has 1 aromatic rings. The summed E-state index contributed by atoms with van der Waals surface area (Å²) in [5.74, 6) is 2.64. The Labute approximate surface area is 114 Å². The van der Waals surface area contributed by atoms with Crippen LogP contribution in [-0.4, -0.2) is 24.1 Å². The van der Waals surface area contributed by atoms with Crippen molar-refractivity contribution < 1.29 is 4.39 Å². The fourth-order valence-electron chi connectivity index (χ4n) is 2.11. The van der Waals surface area contributed by atoms with Gasteiger partial charge in [0.2, 0.25) is 0 Å². The SMILES string of the molecule is CCSCCC(CNC1CC1)c1cccc(F)c1. The molecule has 100 valence electrons. The van der Waals surface area contributed by atoms with Crippen molar-refractivity contribution >= 4 is 11.8 Å². The van der Waals surface area contributed by atoms with E-state index in [0.717, 1.165) is 36.1 Å². The van der Waals surface area contributed by atoms with Gasteiger partial charge in [-0.2, -0.15) is 11.8 Å². The van der Waals surface area contributed by atoms with Gasteiger partial charge in [-0.1, -0.05) is 19.1 Å². The van der Waals surface area contributed by atoms with Crippen molar-refractivity contribution in [1.82, 2.24) is 5.32 Å². The van der Waals surface area contributed by atoms with Crippen LogP contribution in [0, 0.1) is 5.82 Å². The summed E-state index contributed by atoms with van der Waals surface area (Å²) in [6.45, 7) is 3.17. The number of hydrogen-bond acceptors (Lipinski definition) is 2. The summed E-state index contributed by atoms with van der Waals surface area (Å²) in [6, 6.07) is 7.81. The van der Waals surface area contributed by atoms with Crippen molar-refractivity contribution in [3.05, 3.63) is 35.6 Å². The molecule has 0 saturated heterocycles. The molecule has 1 aromatic carbocycles. The predicted molar refractivity (Wildman–Crippen MR) is 77.8 cm³/mol. The summed E-state index contributed by atoms with van der Waals surface area (Å²) in [5, 5.41) is 3.57. The molecular weight excluding hydrogens is 245 g/mol. The highest BCUT2D eigenvalue weighted by molar-refractivity contribution is 7.99. The molecule has 1 saturated carbocycles. The Balaban J connectivity index is 1.92. The van der Waals surface area contributed by atoms with Gasteiger partial charge in [-0.3, -0.25) is 0 Å². The largest absolute Gasteiger partial charge is 0.313 e. The van der Waals surface area contributed by atoms with Crippen molar-refractivity contribution in [3.63, 3.8) is 0 Å². The van der Waals surface area contributed by atoms with Crippen LogP contribution in [0.1, 0.15) is 37.7 Å². The van der Waals surface area contributed by atoms with E-state index in [-0.39, 0.29) is 5.82 Å². The van der Waals surface area contributed by atoms with Crippen molar-refractivity contribution in [1.29, 1.82) is 0 Å². The lowest BCUT2D eigenvalue weighted by atomic mass is 9.96. The number of nitrogens with one attached hydrogen (secondary N) is 1. The van der Waals surface area contributed by atoms with Gasteiger partial charge in [0.1, 0.15) is 5.82 Å². The standard InChI is InChI=1S/C15H22FNS/c1-2-18-9-8-13(11-17-15-6-7-15)12-4-3-5-14(16)10-12/h3-5,10,13,15,17H,2,6-9,11H2,1H3. The van der Waals surface area contributed by atoms with E-state index in [2.05, 4.69) is 18.3 Å². The van der Waals surface area contributed by atoms with Gasteiger partial charge >= 0.3 is 0 Å². The van der Waals surface area contributed by atoms with Gasteiger partial charge in [-0.05, 0) is 54.4 Å². The van der Waals surface area contributed by atoms with E-state index in [1.165, 1.54) is 18.9 Å². The lowest BCUT2D eigenvalue weighted by molar-refractivity contribution is 0.563. The average Bonchev–Trinajstić information content (AvgIpc) is 3.17. The second-order valence-corrected chi connectivity index (χ2v) is 6.31. The lowest BCUT2D eigenvalue weighted by Gasteiger charge is -2.18. The van der Waals surface area contributed by atoms with Crippen LogP contribution in [0.4, 0.5) is 4.39 Å². The highest BCUT2D eigenvalue weighted by atomic mass is 32.2. The Hall–Kier alpha value is -0.540. The molecule has 0 amide bonds. The summed E-state index contributed by atoms with van der Waals surface area (Å²) in [5.41, 5.74) is 1.14. The van der Waals surface area contributed by atoms with E-state index in [4.69, 9.17) is 0 Å².